The smallest absolute Gasteiger partial charge is 0.216 e. The number of guanidine groups is 1. The molecular formula is C20H35IN4O3S. The lowest BCUT2D eigenvalue weighted by molar-refractivity contribution is 0.115. The summed E-state index contributed by atoms with van der Waals surface area (Å²) in [5, 5.41) is 3.33. The molecule has 166 valence electrons. The highest BCUT2D eigenvalue weighted by molar-refractivity contribution is 14.0. The van der Waals surface area contributed by atoms with Crippen molar-refractivity contribution in [2.75, 3.05) is 33.9 Å². The Morgan fingerprint density at radius 3 is 2.41 bits per heavy atom. The molecule has 0 heterocycles. The minimum atomic E-state index is -3.30. The van der Waals surface area contributed by atoms with Crippen molar-refractivity contribution in [1.29, 1.82) is 0 Å². The van der Waals surface area contributed by atoms with Crippen LogP contribution in [0.1, 0.15) is 37.8 Å². The average Bonchev–Trinajstić information content (AvgIpc) is 3.43. The number of aliphatic imine (C=N–C) groups is 1. The van der Waals surface area contributed by atoms with Gasteiger partial charge in [0.2, 0.25) is 10.0 Å². The Morgan fingerprint density at radius 2 is 1.86 bits per heavy atom. The van der Waals surface area contributed by atoms with Crippen molar-refractivity contribution in [2.45, 2.75) is 45.0 Å². The second-order valence-electron chi connectivity index (χ2n) is 7.69. The SMILES string of the molecule is CN=C(NCc1ccc(CS(=O)(=O)NC(C)C)cc1)N(C)CCOCC1CC1.I. The normalized spacial score (nSPS) is 14.6. The molecule has 1 aliphatic carbocycles. The summed E-state index contributed by atoms with van der Waals surface area (Å²) in [6, 6.07) is 7.50. The zero-order chi connectivity index (χ0) is 20.6. The fourth-order valence-electron chi connectivity index (χ4n) is 2.78. The van der Waals surface area contributed by atoms with Gasteiger partial charge < -0.3 is 15.0 Å². The third kappa shape index (κ3) is 10.6. The summed E-state index contributed by atoms with van der Waals surface area (Å²) >= 11 is 0. The molecule has 9 heteroatoms. The quantitative estimate of drug-likeness (QED) is 0.196. The number of ether oxygens (including phenoxy) is 1. The first-order chi connectivity index (χ1) is 13.3. The standard InChI is InChI=1S/C20H34N4O3S.HI/c1-16(2)23-28(25,26)15-19-9-5-17(6-10-19)13-22-20(21-3)24(4)11-12-27-14-18-7-8-18;/h5-6,9-10,16,18,23H,7-8,11-15H2,1-4H3,(H,21,22);1H. The Morgan fingerprint density at radius 1 is 1.24 bits per heavy atom. The van der Waals surface area contributed by atoms with Crippen LogP contribution in [0.5, 0.6) is 0 Å². The first-order valence-electron chi connectivity index (χ1n) is 9.86. The molecule has 1 aliphatic rings. The van der Waals surface area contributed by atoms with Gasteiger partial charge in [-0.3, -0.25) is 4.99 Å². The van der Waals surface area contributed by atoms with Crippen molar-refractivity contribution in [3.63, 3.8) is 0 Å². The minimum absolute atomic E-state index is 0. The summed E-state index contributed by atoms with van der Waals surface area (Å²) in [7, 11) is 0.451. The van der Waals surface area contributed by atoms with Gasteiger partial charge in [-0.05, 0) is 43.7 Å². The van der Waals surface area contributed by atoms with Gasteiger partial charge in [-0.15, -0.1) is 24.0 Å². The number of halogens is 1. The van der Waals surface area contributed by atoms with E-state index >= 15 is 0 Å². The zero-order valence-electron chi connectivity index (χ0n) is 17.8. The fraction of sp³-hybridized carbons (Fsp3) is 0.650. The highest BCUT2D eigenvalue weighted by atomic mass is 127. The number of benzene rings is 1. The molecule has 29 heavy (non-hydrogen) atoms. The molecule has 0 atom stereocenters. The Bertz CT molecular complexity index is 735. The first kappa shape index (κ1) is 26.1. The Labute approximate surface area is 192 Å². The predicted octanol–water partition coefficient (Wildman–Crippen LogP) is 2.57. The molecule has 1 saturated carbocycles. The van der Waals surface area contributed by atoms with E-state index in [1.807, 2.05) is 50.1 Å². The van der Waals surface area contributed by atoms with Gasteiger partial charge in [-0.25, -0.2) is 13.1 Å². The molecule has 1 aromatic carbocycles. The Balaban J connectivity index is 0.00000420. The van der Waals surface area contributed by atoms with E-state index in [2.05, 4.69) is 15.0 Å². The van der Waals surface area contributed by atoms with Crippen LogP contribution >= 0.6 is 24.0 Å². The van der Waals surface area contributed by atoms with Crippen molar-refractivity contribution in [3.05, 3.63) is 35.4 Å². The van der Waals surface area contributed by atoms with E-state index in [1.165, 1.54) is 12.8 Å². The van der Waals surface area contributed by atoms with Crippen LogP contribution < -0.4 is 10.0 Å². The number of hydrogen-bond acceptors (Lipinski definition) is 4. The van der Waals surface area contributed by atoms with Gasteiger partial charge in [-0.2, -0.15) is 0 Å². The lowest BCUT2D eigenvalue weighted by Gasteiger charge is -2.22. The van der Waals surface area contributed by atoms with Gasteiger partial charge in [0, 0.05) is 39.8 Å². The van der Waals surface area contributed by atoms with Crippen molar-refractivity contribution < 1.29 is 13.2 Å². The molecule has 0 radical (unpaired) electrons. The Kier molecular flexibility index (Phi) is 11.4. The second-order valence-corrected chi connectivity index (χ2v) is 9.44. The van der Waals surface area contributed by atoms with Crippen molar-refractivity contribution in [2.24, 2.45) is 10.9 Å². The van der Waals surface area contributed by atoms with E-state index < -0.39 is 10.0 Å². The molecule has 1 aromatic rings. The van der Waals surface area contributed by atoms with E-state index in [1.54, 1.807) is 7.05 Å². The first-order valence-corrected chi connectivity index (χ1v) is 11.5. The van der Waals surface area contributed by atoms with Crippen molar-refractivity contribution in [1.82, 2.24) is 14.9 Å². The third-order valence-corrected chi connectivity index (χ3v) is 5.98. The fourth-order valence-corrected chi connectivity index (χ4v) is 4.21. The van der Waals surface area contributed by atoms with Gasteiger partial charge in [0.15, 0.2) is 5.96 Å². The largest absolute Gasteiger partial charge is 0.379 e. The van der Waals surface area contributed by atoms with Crippen molar-refractivity contribution in [3.8, 4) is 0 Å². The summed E-state index contributed by atoms with van der Waals surface area (Å²) in [6.45, 7) is 6.60. The molecule has 0 aliphatic heterocycles. The molecule has 2 N–H and O–H groups in total. The van der Waals surface area contributed by atoms with Crippen LogP contribution in [0.4, 0.5) is 0 Å². The van der Waals surface area contributed by atoms with E-state index in [0.29, 0.717) is 13.2 Å². The molecular weight excluding hydrogens is 503 g/mol. The van der Waals surface area contributed by atoms with Crippen LogP contribution in [0.2, 0.25) is 0 Å². The van der Waals surface area contributed by atoms with Crippen LogP contribution in [0.15, 0.2) is 29.3 Å². The van der Waals surface area contributed by atoms with Gasteiger partial charge >= 0.3 is 0 Å². The van der Waals surface area contributed by atoms with E-state index in [4.69, 9.17) is 4.74 Å². The average molecular weight is 538 g/mol. The van der Waals surface area contributed by atoms with Crippen LogP contribution in [-0.2, 0) is 27.1 Å². The van der Waals surface area contributed by atoms with Crippen LogP contribution in [-0.4, -0.2) is 59.2 Å². The maximum atomic E-state index is 12.0. The predicted molar refractivity (Wildman–Crippen MR) is 129 cm³/mol. The summed E-state index contributed by atoms with van der Waals surface area (Å²) in [6.07, 6.45) is 2.61. The third-order valence-electron chi connectivity index (χ3n) is 4.44. The number of nitrogens with zero attached hydrogens (tertiary/aromatic N) is 2. The number of nitrogens with one attached hydrogen (secondary N) is 2. The number of likely N-dealkylation sites (N-methyl/N-ethyl adjacent to an activating group) is 1. The minimum Gasteiger partial charge on any atom is -0.379 e. The van der Waals surface area contributed by atoms with Gasteiger partial charge in [-0.1, -0.05) is 24.3 Å². The summed E-state index contributed by atoms with van der Waals surface area (Å²) in [4.78, 5) is 6.36. The van der Waals surface area contributed by atoms with Crippen LogP contribution in [0.3, 0.4) is 0 Å². The zero-order valence-corrected chi connectivity index (χ0v) is 21.0. The molecule has 0 unspecified atom stereocenters. The van der Waals surface area contributed by atoms with E-state index in [-0.39, 0.29) is 35.8 Å². The summed E-state index contributed by atoms with van der Waals surface area (Å²) < 4.78 is 32.3. The maximum Gasteiger partial charge on any atom is 0.216 e. The number of sulfonamides is 1. The molecule has 0 amide bonds. The van der Waals surface area contributed by atoms with Gasteiger partial charge in [0.05, 0.1) is 12.4 Å². The lowest BCUT2D eigenvalue weighted by atomic mass is 10.1. The highest BCUT2D eigenvalue weighted by Crippen LogP contribution is 2.28. The van der Waals surface area contributed by atoms with Crippen molar-refractivity contribution >= 4 is 40.0 Å². The maximum absolute atomic E-state index is 12.0. The van der Waals surface area contributed by atoms with Crippen LogP contribution in [0, 0.1) is 5.92 Å². The van der Waals surface area contributed by atoms with Gasteiger partial charge in [0.1, 0.15) is 0 Å². The molecule has 2 rings (SSSR count). The number of hydrogen-bond donors (Lipinski definition) is 2. The molecule has 7 nitrogen and oxygen atoms in total. The second kappa shape index (κ2) is 12.7. The Hall–Kier alpha value is -0.910. The van der Waals surface area contributed by atoms with Crippen LogP contribution in [0.25, 0.3) is 0 Å². The molecule has 0 aromatic heterocycles. The van der Waals surface area contributed by atoms with Gasteiger partial charge in [0.25, 0.3) is 0 Å². The molecule has 0 spiro atoms. The van der Waals surface area contributed by atoms with E-state index in [0.717, 1.165) is 36.2 Å². The number of rotatable bonds is 11. The molecule has 0 saturated heterocycles. The monoisotopic (exact) mass is 538 g/mol. The highest BCUT2D eigenvalue weighted by Gasteiger charge is 2.21. The van der Waals surface area contributed by atoms with E-state index in [9.17, 15) is 8.42 Å². The summed E-state index contributed by atoms with van der Waals surface area (Å²) in [5.41, 5.74) is 1.84. The summed E-state index contributed by atoms with van der Waals surface area (Å²) in [5.74, 6) is 1.58. The topological polar surface area (TPSA) is 83.0 Å². The molecule has 1 fully saturated rings. The lowest BCUT2D eigenvalue weighted by Crippen LogP contribution is -2.40. The molecule has 0 bridgehead atoms.